The van der Waals surface area contributed by atoms with Crippen LogP contribution in [-0.2, 0) is 0 Å². The molecule has 0 bridgehead atoms. The predicted molar refractivity (Wildman–Crippen MR) is 64.2 cm³/mol. The third-order valence-corrected chi connectivity index (χ3v) is 2.01. The van der Waals surface area contributed by atoms with Gasteiger partial charge < -0.3 is 10.7 Å². The first-order valence-electron chi connectivity index (χ1n) is 4.77. The second-order valence-corrected chi connectivity index (χ2v) is 3.27. The number of nitrogens with two attached hydrogens (primary N) is 1. The minimum Gasteiger partial charge on any atom is -0.383 e. The van der Waals surface area contributed by atoms with Gasteiger partial charge in [-0.2, -0.15) is 4.98 Å². The first kappa shape index (κ1) is 11.5. The Morgan fingerprint density at radius 2 is 2.06 bits per heavy atom. The van der Waals surface area contributed by atoms with Crippen LogP contribution in [0.15, 0.2) is 31.8 Å². The molecule has 0 amide bonds. The molecule has 0 unspecified atom stereocenters. The molecule has 9 heteroatoms. The molecule has 2 aromatic heterocycles. The SMILES string of the molecule is Nc1[nH]c(=O)ncc1N=Cc1c[nH]c(=O)[nH]c1=O. The van der Waals surface area contributed by atoms with Gasteiger partial charge in [-0.15, -0.1) is 0 Å². The van der Waals surface area contributed by atoms with Crippen LogP contribution in [0.1, 0.15) is 5.56 Å². The highest BCUT2D eigenvalue weighted by molar-refractivity contribution is 5.82. The van der Waals surface area contributed by atoms with Crippen molar-refractivity contribution in [3.05, 3.63) is 49.3 Å². The standard InChI is InChI=1S/C9H8N6O3/c10-6-5(3-13-8(17)14-6)11-1-4-2-12-9(18)15-7(4)16/h1-3H,(H3,10,13,14,17)(H2,12,15,16,18). The summed E-state index contributed by atoms with van der Waals surface area (Å²) in [7, 11) is 0. The molecule has 18 heavy (non-hydrogen) atoms. The maximum atomic E-state index is 11.3. The van der Waals surface area contributed by atoms with Crippen molar-refractivity contribution in [2.75, 3.05) is 5.73 Å². The molecule has 0 fully saturated rings. The molecule has 2 rings (SSSR count). The number of aromatic amines is 3. The summed E-state index contributed by atoms with van der Waals surface area (Å²) >= 11 is 0. The summed E-state index contributed by atoms with van der Waals surface area (Å²) < 4.78 is 0. The lowest BCUT2D eigenvalue weighted by Crippen LogP contribution is -2.24. The summed E-state index contributed by atoms with van der Waals surface area (Å²) in [6.45, 7) is 0. The fourth-order valence-electron chi connectivity index (χ4n) is 1.16. The molecule has 0 radical (unpaired) electrons. The van der Waals surface area contributed by atoms with Gasteiger partial charge in [0.05, 0.1) is 11.8 Å². The van der Waals surface area contributed by atoms with E-state index in [1.807, 2.05) is 4.98 Å². The first-order chi connectivity index (χ1) is 8.56. The van der Waals surface area contributed by atoms with Crippen LogP contribution in [-0.4, -0.2) is 26.2 Å². The Kier molecular flexibility index (Phi) is 2.87. The molecule has 5 N–H and O–H groups in total. The summed E-state index contributed by atoms with van der Waals surface area (Å²) in [5.41, 5.74) is 4.06. The van der Waals surface area contributed by atoms with Crippen LogP contribution >= 0.6 is 0 Å². The van der Waals surface area contributed by atoms with E-state index in [0.29, 0.717) is 0 Å². The van der Waals surface area contributed by atoms with Crippen molar-refractivity contribution >= 4 is 17.7 Å². The maximum absolute atomic E-state index is 11.3. The van der Waals surface area contributed by atoms with E-state index in [2.05, 4.69) is 19.9 Å². The lowest BCUT2D eigenvalue weighted by molar-refractivity contribution is 1.03. The van der Waals surface area contributed by atoms with Crippen LogP contribution in [0.25, 0.3) is 0 Å². The Labute approximate surface area is 98.5 Å². The number of H-pyrrole nitrogens is 3. The zero-order valence-electron chi connectivity index (χ0n) is 8.93. The van der Waals surface area contributed by atoms with E-state index in [0.717, 1.165) is 0 Å². The highest BCUT2D eigenvalue weighted by Crippen LogP contribution is 2.14. The van der Waals surface area contributed by atoms with Crippen LogP contribution in [0.4, 0.5) is 11.5 Å². The third-order valence-electron chi connectivity index (χ3n) is 2.01. The van der Waals surface area contributed by atoms with E-state index >= 15 is 0 Å². The largest absolute Gasteiger partial charge is 0.383 e. The summed E-state index contributed by atoms with van der Waals surface area (Å²) in [6, 6.07) is 0. The van der Waals surface area contributed by atoms with Crippen LogP contribution in [0, 0.1) is 0 Å². The number of nitrogens with zero attached hydrogens (tertiary/aromatic N) is 2. The van der Waals surface area contributed by atoms with Gasteiger partial charge in [-0.1, -0.05) is 0 Å². The second-order valence-electron chi connectivity index (χ2n) is 3.27. The van der Waals surface area contributed by atoms with Crippen LogP contribution in [0.5, 0.6) is 0 Å². The van der Waals surface area contributed by atoms with Crippen molar-refractivity contribution in [3.8, 4) is 0 Å². The van der Waals surface area contributed by atoms with Gasteiger partial charge in [-0.25, -0.2) is 9.59 Å². The van der Waals surface area contributed by atoms with E-state index in [1.54, 1.807) is 0 Å². The van der Waals surface area contributed by atoms with Gasteiger partial charge in [-0.05, 0) is 0 Å². The quantitative estimate of drug-likeness (QED) is 0.476. The van der Waals surface area contributed by atoms with Crippen molar-refractivity contribution in [1.29, 1.82) is 0 Å². The van der Waals surface area contributed by atoms with E-state index in [4.69, 9.17) is 5.73 Å². The molecule has 0 aromatic carbocycles. The molecule has 0 spiro atoms. The average molecular weight is 248 g/mol. The molecule has 2 aromatic rings. The number of anilines is 1. The van der Waals surface area contributed by atoms with E-state index in [1.165, 1.54) is 18.6 Å². The number of nitrogens with one attached hydrogen (secondary N) is 3. The number of aliphatic imine (C=N–C) groups is 1. The average Bonchev–Trinajstić information content (AvgIpc) is 2.30. The minimum absolute atomic E-state index is 0.0344. The van der Waals surface area contributed by atoms with Crippen molar-refractivity contribution in [2.45, 2.75) is 0 Å². The summed E-state index contributed by atoms with van der Waals surface area (Å²) in [6.07, 6.45) is 3.57. The number of aromatic nitrogens is 4. The van der Waals surface area contributed by atoms with Gasteiger partial charge in [0.2, 0.25) is 0 Å². The molecule has 0 aliphatic rings. The first-order valence-corrected chi connectivity index (χ1v) is 4.77. The lowest BCUT2D eigenvalue weighted by atomic mass is 10.3. The molecule has 0 saturated heterocycles. The highest BCUT2D eigenvalue weighted by atomic mass is 16.2. The van der Waals surface area contributed by atoms with Crippen LogP contribution in [0.2, 0.25) is 0 Å². The maximum Gasteiger partial charge on any atom is 0.346 e. The number of hydrogen-bond donors (Lipinski definition) is 4. The fourth-order valence-corrected chi connectivity index (χ4v) is 1.16. The van der Waals surface area contributed by atoms with Gasteiger partial charge in [0.1, 0.15) is 11.5 Å². The lowest BCUT2D eigenvalue weighted by Gasteiger charge is -1.96. The van der Waals surface area contributed by atoms with Gasteiger partial charge in [-0.3, -0.25) is 19.8 Å². The molecular formula is C9H8N6O3. The van der Waals surface area contributed by atoms with Crippen molar-refractivity contribution in [3.63, 3.8) is 0 Å². The van der Waals surface area contributed by atoms with Crippen molar-refractivity contribution in [2.24, 2.45) is 4.99 Å². The molecule has 2 heterocycles. The molecular weight excluding hydrogens is 240 g/mol. The van der Waals surface area contributed by atoms with Crippen molar-refractivity contribution < 1.29 is 0 Å². The van der Waals surface area contributed by atoms with Gasteiger partial charge in [0, 0.05) is 12.4 Å². The second kappa shape index (κ2) is 4.49. The van der Waals surface area contributed by atoms with E-state index in [-0.39, 0.29) is 17.1 Å². The van der Waals surface area contributed by atoms with Gasteiger partial charge in [0.25, 0.3) is 5.56 Å². The Bertz CT molecular complexity index is 769. The fraction of sp³-hybridized carbons (Fsp3) is 0. The zero-order valence-corrected chi connectivity index (χ0v) is 8.93. The molecule has 0 aliphatic heterocycles. The number of rotatable bonds is 2. The summed E-state index contributed by atoms with van der Waals surface area (Å²) in [4.78, 5) is 46.8. The minimum atomic E-state index is -0.609. The highest BCUT2D eigenvalue weighted by Gasteiger charge is 1.99. The number of hydrogen-bond acceptors (Lipinski definition) is 6. The third kappa shape index (κ3) is 2.40. The topological polar surface area (TPSA) is 150 Å². The van der Waals surface area contributed by atoms with Crippen LogP contribution in [0.3, 0.4) is 0 Å². The smallest absolute Gasteiger partial charge is 0.346 e. The summed E-state index contributed by atoms with van der Waals surface area (Å²) in [5, 5.41) is 0. The van der Waals surface area contributed by atoms with Crippen LogP contribution < -0.4 is 22.7 Å². The predicted octanol–water partition coefficient (Wildman–Crippen LogP) is -1.52. The van der Waals surface area contributed by atoms with Crippen molar-refractivity contribution in [1.82, 2.24) is 19.9 Å². The molecule has 92 valence electrons. The summed E-state index contributed by atoms with van der Waals surface area (Å²) in [5.74, 6) is 0.0344. The normalized spacial score (nSPS) is 10.9. The monoisotopic (exact) mass is 248 g/mol. The zero-order chi connectivity index (χ0) is 13.1. The van der Waals surface area contributed by atoms with E-state index < -0.39 is 16.9 Å². The van der Waals surface area contributed by atoms with Gasteiger partial charge >= 0.3 is 11.4 Å². The molecule has 0 aliphatic carbocycles. The Morgan fingerprint density at radius 1 is 1.28 bits per heavy atom. The molecule has 0 saturated carbocycles. The molecule has 9 nitrogen and oxygen atoms in total. The Balaban J connectivity index is 2.39. The molecule has 0 atom stereocenters. The Hall–Kier alpha value is -2.97. The van der Waals surface area contributed by atoms with Gasteiger partial charge in [0.15, 0.2) is 0 Å². The van der Waals surface area contributed by atoms with E-state index in [9.17, 15) is 14.4 Å². The number of nitrogen functional groups attached to an aromatic ring is 1. The Morgan fingerprint density at radius 3 is 2.72 bits per heavy atom.